The number of rotatable bonds is 9. The Morgan fingerprint density at radius 1 is 1.06 bits per heavy atom. The summed E-state index contributed by atoms with van der Waals surface area (Å²) in [6.07, 6.45) is 6.58. The average Bonchev–Trinajstić information content (AvgIpc) is 2.88. The van der Waals surface area contributed by atoms with Crippen LogP contribution < -0.4 is 10.2 Å². The lowest BCUT2D eigenvalue weighted by Gasteiger charge is -2.32. The molecule has 4 rings (SSSR count). The van der Waals surface area contributed by atoms with Gasteiger partial charge in [0.15, 0.2) is 0 Å². The lowest BCUT2D eigenvalue weighted by molar-refractivity contribution is -0.125. The normalized spacial score (nSPS) is 16.0. The predicted molar refractivity (Wildman–Crippen MR) is 138 cm³/mol. The molecular weight excluding hydrogens is 422 g/mol. The molecule has 1 aromatic heterocycles. The van der Waals surface area contributed by atoms with E-state index < -0.39 is 0 Å². The van der Waals surface area contributed by atoms with Gasteiger partial charge in [0.2, 0.25) is 11.9 Å². The van der Waals surface area contributed by atoms with Crippen LogP contribution in [0.25, 0.3) is 11.1 Å². The second-order valence-electron chi connectivity index (χ2n) is 9.29. The van der Waals surface area contributed by atoms with Gasteiger partial charge < -0.3 is 15.1 Å². The minimum absolute atomic E-state index is 0.0174. The summed E-state index contributed by atoms with van der Waals surface area (Å²) in [4.78, 5) is 26.4. The van der Waals surface area contributed by atoms with Gasteiger partial charge in [-0.05, 0) is 50.9 Å². The molecule has 0 bridgehead atoms. The lowest BCUT2D eigenvalue weighted by atomic mass is 9.97. The number of nitrogens with zero attached hydrogens (tertiary/aromatic N) is 4. The molecule has 1 saturated heterocycles. The molecule has 0 radical (unpaired) electrons. The molecule has 2 heterocycles. The molecule has 1 aliphatic rings. The Morgan fingerprint density at radius 3 is 2.53 bits per heavy atom. The van der Waals surface area contributed by atoms with Gasteiger partial charge >= 0.3 is 0 Å². The van der Waals surface area contributed by atoms with Crippen LogP contribution in [0.4, 0.5) is 5.95 Å². The maximum absolute atomic E-state index is 12.8. The van der Waals surface area contributed by atoms with E-state index in [0.717, 1.165) is 50.0 Å². The second kappa shape index (κ2) is 11.7. The van der Waals surface area contributed by atoms with E-state index in [0.29, 0.717) is 19.0 Å². The molecule has 1 amide bonds. The van der Waals surface area contributed by atoms with E-state index in [2.05, 4.69) is 87.6 Å². The number of nitrogens with one attached hydrogen (secondary N) is 1. The Morgan fingerprint density at radius 2 is 1.79 bits per heavy atom. The molecule has 0 unspecified atom stereocenters. The number of carbonyl (C=O) groups excluding carboxylic acids is 1. The number of anilines is 1. The van der Waals surface area contributed by atoms with E-state index in [1.807, 2.05) is 18.5 Å². The summed E-state index contributed by atoms with van der Waals surface area (Å²) in [5, 5.41) is 3.15. The maximum atomic E-state index is 12.8. The molecule has 1 N–H and O–H groups in total. The molecule has 6 heteroatoms. The SMILES string of the molecule is Cc1ccc(-c2cnc(N3CCC[C@@H](C(=O)NCCCN(C)Cc4ccccc4)C3)nc2)cc1. The monoisotopic (exact) mass is 457 g/mol. The Bertz CT molecular complexity index is 1040. The predicted octanol–water partition coefficient (Wildman–Crippen LogP) is 4.31. The first-order valence-corrected chi connectivity index (χ1v) is 12.2. The van der Waals surface area contributed by atoms with Crippen LogP contribution in [0, 0.1) is 12.8 Å². The highest BCUT2D eigenvalue weighted by molar-refractivity contribution is 5.79. The number of aryl methyl sites for hydroxylation is 1. The summed E-state index contributed by atoms with van der Waals surface area (Å²) in [6.45, 7) is 6.22. The fourth-order valence-corrected chi connectivity index (χ4v) is 4.43. The molecule has 3 aromatic rings. The fraction of sp³-hybridized carbons (Fsp3) is 0.393. The minimum atomic E-state index is -0.0174. The lowest BCUT2D eigenvalue weighted by Crippen LogP contribution is -2.44. The standard InChI is InChI=1S/C28H35N5O/c1-22-11-13-24(14-12-22)26-18-30-28(31-19-26)33-17-6-10-25(21-33)27(34)29-15-7-16-32(2)20-23-8-4-3-5-9-23/h3-5,8-9,11-14,18-19,25H,6-7,10,15-17,20-21H2,1-2H3,(H,29,34)/t25-/m1/s1. The van der Waals surface area contributed by atoms with Crippen molar-refractivity contribution >= 4 is 11.9 Å². The highest BCUT2D eigenvalue weighted by Crippen LogP contribution is 2.23. The Hall–Kier alpha value is -3.25. The summed E-state index contributed by atoms with van der Waals surface area (Å²) >= 11 is 0. The molecule has 2 aromatic carbocycles. The molecule has 178 valence electrons. The van der Waals surface area contributed by atoms with Gasteiger partial charge in [-0.25, -0.2) is 9.97 Å². The van der Waals surface area contributed by atoms with Crippen LogP contribution in [0.2, 0.25) is 0 Å². The molecule has 6 nitrogen and oxygen atoms in total. The van der Waals surface area contributed by atoms with E-state index in [-0.39, 0.29) is 11.8 Å². The zero-order valence-corrected chi connectivity index (χ0v) is 20.3. The largest absolute Gasteiger partial charge is 0.356 e. The van der Waals surface area contributed by atoms with Crippen molar-refractivity contribution in [2.24, 2.45) is 5.92 Å². The molecule has 0 aliphatic carbocycles. The molecule has 0 spiro atoms. The summed E-state index contributed by atoms with van der Waals surface area (Å²) < 4.78 is 0. The number of hydrogen-bond donors (Lipinski definition) is 1. The van der Waals surface area contributed by atoms with Crippen LogP contribution in [0.3, 0.4) is 0 Å². The molecule has 1 fully saturated rings. The molecule has 34 heavy (non-hydrogen) atoms. The highest BCUT2D eigenvalue weighted by atomic mass is 16.1. The van der Waals surface area contributed by atoms with Gasteiger partial charge in [0.1, 0.15) is 0 Å². The first kappa shape index (κ1) is 23.9. The molecule has 1 aliphatic heterocycles. The van der Waals surface area contributed by atoms with Crippen LogP contribution in [0.5, 0.6) is 0 Å². The van der Waals surface area contributed by atoms with Crippen molar-refractivity contribution in [3.05, 3.63) is 78.1 Å². The number of carbonyl (C=O) groups is 1. The van der Waals surface area contributed by atoms with Gasteiger partial charge in [-0.2, -0.15) is 0 Å². The number of piperidine rings is 1. The number of hydrogen-bond acceptors (Lipinski definition) is 5. The first-order valence-electron chi connectivity index (χ1n) is 12.2. The summed E-state index contributed by atoms with van der Waals surface area (Å²) in [7, 11) is 2.12. The van der Waals surface area contributed by atoms with Crippen molar-refractivity contribution in [2.75, 3.05) is 38.1 Å². The summed E-state index contributed by atoms with van der Waals surface area (Å²) in [6, 6.07) is 18.8. The summed E-state index contributed by atoms with van der Waals surface area (Å²) in [5.74, 6) is 0.832. The minimum Gasteiger partial charge on any atom is -0.356 e. The van der Waals surface area contributed by atoms with E-state index in [1.165, 1.54) is 11.1 Å². The third-order valence-corrected chi connectivity index (χ3v) is 6.41. The van der Waals surface area contributed by atoms with Gasteiger partial charge in [0.25, 0.3) is 0 Å². The van der Waals surface area contributed by atoms with Crippen LogP contribution in [-0.4, -0.2) is 54.0 Å². The van der Waals surface area contributed by atoms with Gasteiger partial charge in [0, 0.05) is 44.1 Å². The van der Waals surface area contributed by atoms with Crippen LogP contribution >= 0.6 is 0 Å². The van der Waals surface area contributed by atoms with Crippen molar-refractivity contribution in [3.63, 3.8) is 0 Å². The maximum Gasteiger partial charge on any atom is 0.225 e. The van der Waals surface area contributed by atoms with Gasteiger partial charge in [0.05, 0.1) is 5.92 Å². The van der Waals surface area contributed by atoms with E-state index in [1.54, 1.807) is 0 Å². The number of benzene rings is 2. The average molecular weight is 458 g/mol. The quantitative estimate of drug-likeness (QED) is 0.485. The fourth-order valence-electron chi connectivity index (χ4n) is 4.43. The van der Waals surface area contributed by atoms with Crippen molar-refractivity contribution < 1.29 is 4.79 Å². The van der Waals surface area contributed by atoms with E-state index in [4.69, 9.17) is 0 Å². The topological polar surface area (TPSA) is 61.4 Å². The Labute approximate surface area is 203 Å². The Kier molecular flexibility index (Phi) is 8.26. The third kappa shape index (κ3) is 6.64. The van der Waals surface area contributed by atoms with Crippen LogP contribution in [-0.2, 0) is 11.3 Å². The van der Waals surface area contributed by atoms with Gasteiger partial charge in [-0.3, -0.25) is 4.79 Å². The smallest absolute Gasteiger partial charge is 0.225 e. The van der Waals surface area contributed by atoms with Crippen molar-refractivity contribution in [1.29, 1.82) is 0 Å². The summed E-state index contributed by atoms with van der Waals surface area (Å²) in [5.41, 5.74) is 4.67. The zero-order valence-electron chi connectivity index (χ0n) is 20.3. The van der Waals surface area contributed by atoms with Crippen LogP contribution in [0.15, 0.2) is 67.0 Å². The molecule has 1 atom stereocenters. The number of amides is 1. The van der Waals surface area contributed by atoms with Crippen molar-refractivity contribution in [2.45, 2.75) is 32.7 Å². The van der Waals surface area contributed by atoms with Gasteiger partial charge in [-0.15, -0.1) is 0 Å². The molecule has 0 saturated carbocycles. The molecular formula is C28H35N5O. The van der Waals surface area contributed by atoms with E-state index in [9.17, 15) is 4.79 Å². The zero-order chi connectivity index (χ0) is 23.8. The highest BCUT2D eigenvalue weighted by Gasteiger charge is 2.27. The first-order chi connectivity index (χ1) is 16.6. The number of aromatic nitrogens is 2. The van der Waals surface area contributed by atoms with E-state index >= 15 is 0 Å². The van der Waals surface area contributed by atoms with Gasteiger partial charge in [-0.1, -0.05) is 60.2 Å². The second-order valence-corrected chi connectivity index (χ2v) is 9.29. The van der Waals surface area contributed by atoms with Crippen LogP contribution in [0.1, 0.15) is 30.4 Å². The van der Waals surface area contributed by atoms with Crippen molar-refractivity contribution in [1.82, 2.24) is 20.2 Å². The van der Waals surface area contributed by atoms with Crippen molar-refractivity contribution in [3.8, 4) is 11.1 Å². The Balaban J connectivity index is 1.22. The third-order valence-electron chi connectivity index (χ3n) is 6.41.